The van der Waals surface area contributed by atoms with Gasteiger partial charge in [0.05, 0.1) is 97.0 Å². The molecule has 0 radical (unpaired) electrons. The molecule has 0 spiro atoms. The predicted octanol–water partition coefficient (Wildman–Crippen LogP) is -0.834. The standard InChI is InChI=1S/C25H49N3O8/c1-3-31-11-6-27-7-13-34-20-22(27)23-21-36-25(19-28(23)8-12-32-15-9-29)24-18-26(5-14-35-24)4-10-33-17-16-30-2/h22-25,29H,3-21H2,1-2H3. The summed E-state index contributed by atoms with van der Waals surface area (Å²) in [6, 6.07) is 0.445. The van der Waals surface area contributed by atoms with E-state index in [4.69, 9.17) is 38.3 Å². The van der Waals surface area contributed by atoms with Crippen molar-refractivity contribution in [2.24, 2.45) is 0 Å². The van der Waals surface area contributed by atoms with Crippen molar-refractivity contribution < 1.29 is 38.3 Å². The summed E-state index contributed by atoms with van der Waals surface area (Å²) in [5, 5.41) is 9.11. The van der Waals surface area contributed by atoms with E-state index in [0.29, 0.717) is 52.9 Å². The summed E-state index contributed by atoms with van der Waals surface area (Å²) in [5.74, 6) is 0. The Kier molecular flexibility index (Phi) is 15.0. The number of rotatable bonds is 17. The Bertz CT molecular complexity index is 563. The summed E-state index contributed by atoms with van der Waals surface area (Å²) in [5.41, 5.74) is 0. The van der Waals surface area contributed by atoms with E-state index in [-0.39, 0.29) is 30.9 Å². The lowest BCUT2D eigenvalue weighted by Crippen LogP contribution is -2.65. The van der Waals surface area contributed by atoms with Gasteiger partial charge < -0.3 is 38.3 Å². The van der Waals surface area contributed by atoms with Crippen LogP contribution in [-0.4, -0.2) is 176 Å². The maximum atomic E-state index is 9.11. The number of ether oxygens (including phenoxy) is 7. The quantitative estimate of drug-likeness (QED) is 0.244. The molecule has 0 saturated carbocycles. The molecule has 4 atom stereocenters. The van der Waals surface area contributed by atoms with Crippen molar-refractivity contribution in [1.82, 2.24) is 14.7 Å². The number of morpholine rings is 3. The Hall–Kier alpha value is -0.440. The first-order chi connectivity index (χ1) is 17.8. The first-order valence-corrected chi connectivity index (χ1v) is 13.6. The fourth-order valence-corrected chi connectivity index (χ4v) is 5.14. The van der Waals surface area contributed by atoms with Crippen molar-refractivity contribution in [3.05, 3.63) is 0 Å². The summed E-state index contributed by atoms with van der Waals surface area (Å²) in [6.07, 6.45) is 0.0221. The molecular weight excluding hydrogens is 470 g/mol. The molecule has 11 nitrogen and oxygen atoms in total. The highest BCUT2D eigenvalue weighted by molar-refractivity contribution is 4.94. The number of aliphatic hydroxyl groups excluding tert-OH is 1. The van der Waals surface area contributed by atoms with Crippen LogP contribution >= 0.6 is 0 Å². The maximum absolute atomic E-state index is 9.11. The van der Waals surface area contributed by atoms with Gasteiger partial charge in [0.15, 0.2) is 0 Å². The van der Waals surface area contributed by atoms with E-state index >= 15 is 0 Å². The van der Waals surface area contributed by atoms with Crippen LogP contribution in [0.2, 0.25) is 0 Å². The van der Waals surface area contributed by atoms with Crippen molar-refractivity contribution in [3.63, 3.8) is 0 Å². The van der Waals surface area contributed by atoms with E-state index < -0.39 is 0 Å². The Morgan fingerprint density at radius 2 is 1.50 bits per heavy atom. The van der Waals surface area contributed by atoms with Gasteiger partial charge in [0.2, 0.25) is 0 Å². The van der Waals surface area contributed by atoms with E-state index in [0.717, 1.165) is 65.6 Å². The highest BCUT2D eigenvalue weighted by Gasteiger charge is 2.41. The molecule has 212 valence electrons. The minimum atomic E-state index is -0.00214. The molecule has 0 aromatic carbocycles. The van der Waals surface area contributed by atoms with Crippen LogP contribution < -0.4 is 0 Å². The van der Waals surface area contributed by atoms with Crippen LogP contribution in [0.5, 0.6) is 0 Å². The molecule has 3 rings (SSSR count). The van der Waals surface area contributed by atoms with Gasteiger partial charge in [-0.2, -0.15) is 0 Å². The number of aliphatic hydroxyl groups is 1. The van der Waals surface area contributed by atoms with Crippen molar-refractivity contribution in [2.45, 2.75) is 31.2 Å². The highest BCUT2D eigenvalue weighted by Crippen LogP contribution is 2.24. The molecule has 3 saturated heterocycles. The molecule has 0 amide bonds. The lowest BCUT2D eigenvalue weighted by atomic mass is 10.00. The van der Waals surface area contributed by atoms with E-state index in [2.05, 4.69) is 14.7 Å². The van der Waals surface area contributed by atoms with Crippen LogP contribution in [0, 0.1) is 0 Å². The van der Waals surface area contributed by atoms with Crippen molar-refractivity contribution >= 4 is 0 Å². The van der Waals surface area contributed by atoms with Gasteiger partial charge in [-0.15, -0.1) is 0 Å². The fourth-order valence-electron chi connectivity index (χ4n) is 5.14. The van der Waals surface area contributed by atoms with Gasteiger partial charge in [0, 0.05) is 59.5 Å². The van der Waals surface area contributed by atoms with Crippen LogP contribution in [0.15, 0.2) is 0 Å². The molecule has 3 aliphatic rings. The zero-order valence-electron chi connectivity index (χ0n) is 22.4. The number of hydrogen-bond donors (Lipinski definition) is 1. The second-order valence-electron chi connectivity index (χ2n) is 9.46. The van der Waals surface area contributed by atoms with Crippen LogP contribution in [-0.2, 0) is 33.2 Å². The van der Waals surface area contributed by atoms with E-state index in [1.54, 1.807) is 7.11 Å². The molecule has 0 aliphatic carbocycles. The Morgan fingerprint density at radius 3 is 2.33 bits per heavy atom. The third-order valence-corrected chi connectivity index (χ3v) is 7.15. The molecule has 0 aromatic heterocycles. The van der Waals surface area contributed by atoms with Crippen molar-refractivity contribution in [3.8, 4) is 0 Å². The van der Waals surface area contributed by atoms with E-state index in [9.17, 15) is 0 Å². The van der Waals surface area contributed by atoms with Gasteiger partial charge in [-0.25, -0.2) is 0 Å². The number of hydrogen-bond acceptors (Lipinski definition) is 11. The molecule has 11 heteroatoms. The van der Waals surface area contributed by atoms with E-state index in [1.165, 1.54) is 0 Å². The van der Waals surface area contributed by atoms with Crippen molar-refractivity contribution in [1.29, 1.82) is 0 Å². The predicted molar refractivity (Wildman–Crippen MR) is 135 cm³/mol. The fraction of sp³-hybridized carbons (Fsp3) is 1.00. The topological polar surface area (TPSA) is 94.6 Å². The average molecular weight is 520 g/mol. The van der Waals surface area contributed by atoms with Gasteiger partial charge in [-0.1, -0.05) is 0 Å². The molecule has 3 fully saturated rings. The van der Waals surface area contributed by atoms with Crippen molar-refractivity contribution in [2.75, 3.05) is 132 Å². The summed E-state index contributed by atoms with van der Waals surface area (Å²) in [7, 11) is 1.69. The van der Waals surface area contributed by atoms with Gasteiger partial charge in [-0.3, -0.25) is 14.7 Å². The maximum Gasteiger partial charge on any atom is 0.0976 e. The molecule has 4 unspecified atom stereocenters. The van der Waals surface area contributed by atoms with Crippen LogP contribution in [0.3, 0.4) is 0 Å². The third-order valence-electron chi connectivity index (χ3n) is 7.15. The van der Waals surface area contributed by atoms with E-state index in [1.807, 2.05) is 6.92 Å². The highest BCUT2D eigenvalue weighted by atomic mass is 16.5. The molecule has 0 bridgehead atoms. The first kappa shape index (κ1) is 30.1. The zero-order chi connectivity index (χ0) is 25.4. The average Bonchev–Trinajstić information content (AvgIpc) is 2.92. The Labute approximate surface area is 216 Å². The van der Waals surface area contributed by atoms with Gasteiger partial charge >= 0.3 is 0 Å². The van der Waals surface area contributed by atoms with Crippen LogP contribution in [0.4, 0.5) is 0 Å². The zero-order valence-corrected chi connectivity index (χ0v) is 22.4. The van der Waals surface area contributed by atoms with Gasteiger partial charge in [0.1, 0.15) is 0 Å². The summed E-state index contributed by atoms with van der Waals surface area (Å²) in [4.78, 5) is 7.36. The Balaban J connectivity index is 1.56. The summed E-state index contributed by atoms with van der Waals surface area (Å²) < 4.78 is 40.6. The monoisotopic (exact) mass is 519 g/mol. The summed E-state index contributed by atoms with van der Waals surface area (Å²) >= 11 is 0. The van der Waals surface area contributed by atoms with Gasteiger partial charge in [-0.05, 0) is 6.92 Å². The Morgan fingerprint density at radius 1 is 0.750 bits per heavy atom. The lowest BCUT2D eigenvalue weighted by molar-refractivity contribution is -0.171. The third kappa shape index (κ3) is 10.0. The SMILES string of the molecule is CCOCCN1CCOCC1C1COC(C2CN(CCOCCOC)CCO2)CN1CCOCCO. The summed E-state index contributed by atoms with van der Waals surface area (Å²) in [6.45, 7) is 15.2. The number of nitrogens with zero attached hydrogens (tertiary/aromatic N) is 3. The smallest absolute Gasteiger partial charge is 0.0976 e. The molecule has 3 heterocycles. The second kappa shape index (κ2) is 18.0. The molecular formula is C25H49N3O8. The van der Waals surface area contributed by atoms with Crippen LogP contribution in [0.25, 0.3) is 0 Å². The molecule has 36 heavy (non-hydrogen) atoms. The molecule has 1 N–H and O–H groups in total. The molecule has 3 aliphatic heterocycles. The normalized spacial score (nSPS) is 29.1. The van der Waals surface area contributed by atoms with Gasteiger partial charge in [0.25, 0.3) is 0 Å². The first-order valence-electron chi connectivity index (χ1n) is 13.6. The number of methoxy groups -OCH3 is 1. The lowest BCUT2D eigenvalue weighted by Gasteiger charge is -2.49. The minimum absolute atomic E-state index is 0.00214. The molecule has 0 aromatic rings. The minimum Gasteiger partial charge on any atom is -0.394 e. The second-order valence-corrected chi connectivity index (χ2v) is 9.46. The van der Waals surface area contributed by atoms with Crippen LogP contribution in [0.1, 0.15) is 6.92 Å². The largest absolute Gasteiger partial charge is 0.394 e.